The van der Waals surface area contributed by atoms with Crippen LogP contribution in [0.2, 0.25) is 0 Å². The van der Waals surface area contributed by atoms with Crippen LogP contribution in [0.25, 0.3) is 11.4 Å². The van der Waals surface area contributed by atoms with Gasteiger partial charge < -0.3 is 0 Å². The first-order valence-corrected chi connectivity index (χ1v) is 7.01. The maximum atomic E-state index is 11.4. The van der Waals surface area contributed by atoms with Crippen LogP contribution in [0.1, 0.15) is 12.5 Å². The van der Waals surface area contributed by atoms with Gasteiger partial charge in [0, 0.05) is 12.1 Å². The molecular formula is C11H14N4O2S. The zero-order chi connectivity index (χ0) is 13.3. The highest BCUT2D eigenvalue weighted by molar-refractivity contribution is 7.89. The molecule has 2 rings (SSSR count). The van der Waals surface area contributed by atoms with Gasteiger partial charge in [-0.2, -0.15) is 0 Å². The van der Waals surface area contributed by atoms with Gasteiger partial charge >= 0.3 is 0 Å². The molecule has 18 heavy (non-hydrogen) atoms. The minimum absolute atomic E-state index is 0.207. The number of hydrogen-bond acceptors (Lipinski definition) is 4. The Kier molecular flexibility index (Phi) is 3.18. The minimum Gasteiger partial charge on any atom is -0.297 e. The summed E-state index contributed by atoms with van der Waals surface area (Å²) in [4.78, 5) is 0. The van der Waals surface area contributed by atoms with Crippen LogP contribution in [0.3, 0.4) is 0 Å². The van der Waals surface area contributed by atoms with E-state index >= 15 is 0 Å². The summed E-state index contributed by atoms with van der Waals surface area (Å²) in [5.41, 5.74) is 1.88. The molecule has 0 radical (unpaired) electrons. The predicted molar refractivity (Wildman–Crippen MR) is 67.2 cm³/mol. The summed E-state index contributed by atoms with van der Waals surface area (Å²) in [6.07, 6.45) is 0. The Morgan fingerprint density at radius 2 is 2.06 bits per heavy atom. The lowest BCUT2D eigenvalue weighted by Gasteiger charge is -2.06. The van der Waals surface area contributed by atoms with Crippen LogP contribution < -0.4 is 5.14 Å². The summed E-state index contributed by atoms with van der Waals surface area (Å²) in [5.74, 6) is 0.505. The molecule has 0 bridgehead atoms. The van der Waals surface area contributed by atoms with Crippen molar-refractivity contribution in [1.29, 1.82) is 0 Å². The fraction of sp³-hybridized carbons (Fsp3) is 0.273. The van der Waals surface area contributed by atoms with Crippen LogP contribution in [0.4, 0.5) is 0 Å². The number of aromatic nitrogens is 3. The summed E-state index contributed by atoms with van der Waals surface area (Å²) in [6.45, 7) is 4.20. The molecule has 2 aromatic rings. The number of nitrogens with two attached hydrogens (primary N) is 1. The molecule has 96 valence electrons. The number of primary sulfonamides is 1. The van der Waals surface area contributed by atoms with Crippen molar-refractivity contribution in [2.45, 2.75) is 25.5 Å². The van der Waals surface area contributed by atoms with Gasteiger partial charge in [-0.05, 0) is 19.9 Å². The number of rotatable bonds is 3. The molecule has 1 heterocycles. The predicted octanol–water partition coefficient (Wildman–Crippen LogP) is 0.921. The van der Waals surface area contributed by atoms with Crippen molar-refractivity contribution in [3.8, 4) is 11.4 Å². The first-order valence-electron chi connectivity index (χ1n) is 5.46. The molecule has 0 fully saturated rings. The van der Waals surface area contributed by atoms with Gasteiger partial charge in [0.15, 0.2) is 5.82 Å². The van der Waals surface area contributed by atoms with E-state index in [1.54, 1.807) is 0 Å². The van der Waals surface area contributed by atoms with Crippen LogP contribution in [0.5, 0.6) is 0 Å². The van der Waals surface area contributed by atoms with E-state index < -0.39 is 10.0 Å². The summed E-state index contributed by atoms with van der Waals surface area (Å²) in [6, 6.07) is 7.62. The van der Waals surface area contributed by atoms with E-state index in [2.05, 4.69) is 10.2 Å². The lowest BCUT2D eigenvalue weighted by Crippen LogP contribution is -2.18. The van der Waals surface area contributed by atoms with Gasteiger partial charge in [-0.1, -0.05) is 23.8 Å². The molecule has 0 unspecified atom stereocenters. The second-order valence-corrected chi connectivity index (χ2v) is 5.42. The van der Waals surface area contributed by atoms with Crippen LogP contribution >= 0.6 is 0 Å². The Morgan fingerprint density at radius 3 is 2.61 bits per heavy atom. The Balaban J connectivity index is 2.63. The third kappa shape index (κ3) is 2.27. The first kappa shape index (κ1) is 12.7. The number of benzene rings is 1. The van der Waals surface area contributed by atoms with E-state index in [9.17, 15) is 8.42 Å². The Bertz CT molecular complexity index is 676. The maximum absolute atomic E-state index is 11.4. The highest BCUT2D eigenvalue weighted by Crippen LogP contribution is 2.20. The molecule has 0 spiro atoms. The Hall–Kier alpha value is -1.73. The molecule has 0 saturated carbocycles. The highest BCUT2D eigenvalue weighted by Gasteiger charge is 2.20. The highest BCUT2D eigenvalue weighted by atomic mass is 32.2. The summed E-state index contributed by atoms with van der Waals surface area (Å²) in [7, 11) is -3.85. The van der Waals surface area contributed by atoms with Gasteiger partial charge in [0.25, 0.3) is 15.2 Å². The van der Waals surface area contributed by atoms with Crippen molar-refractivity contribution in [3.63, 3.8) is 0 Å². The molecule has 0 saturated heterocycles. The summed E-state index contributed by atoms with van der Waals surface area (Å²) < 4.78 is 24.2. The minimum atomic E-state index is -3.85. The van der Waals surface area contributed by atoms with Crippen molar-refractivity contribution in [1.82, 2.24) is 14.8 Å². The number of hydrogen-bond donors (Lipinski definition) is 1. The zero-order valence-corrected chi connectivity index (χ0v) is 11.0. The Morgan fingerprint density at radius 1 is 1.33 bits per heavy atom. The molecule has 6 nitrogen and oxygen atoms in total. The lowest BCUT2D eigenvalue weighted by molar-refractivity contribution is 0.571. The molecule has 0 atom stereocenters. The molecule has 1 aromatic heterocycles. The fourth-order valence-corrected chi connectivity index (χ4v) is 2.46. The van der Waals surface area contributed by atoms with Crippen LogP contribution in [0.15, 0.2) is 29.4 Å². The van der Waals surface area contributed by atoms with Crippen molar-refractivity contribution < 1.29 is 8.42 Å². The quantitative estimate of drug-likeness (QED) is 0.894. The number of sulfonamides is 1. The standard InChI is InChI=1S/C11H14N4O2S/c1-3-15-10(9-6-4-5-8(2)7-9)13-14-11(15)18(12,16)17/h4-7H,3H2,1-2H3,(H2,12,16,17). The summed E-state index contributed by atoms with van der Waals surface area (Å²) in [5, 5.41) is 12.5. The van der Waals surface area contributed by atoms with Gasteiger partial charge in [-0.3, -0.25) is 4.57 Å². The third-order valence-corrected chi connectivity index (χ3v) is 3.37. The topological polar surface area (TPSA) is 90.9 Å². The van der Waals surface area contributed by atoms with Gasteiger partial charge in [-0.15, -0.1) is 10.2 Å². The van der Waals surface area contributed by atoms with Crippen molar-refractivity contribution in [3.05, 3.63) is 29.8 Å². The van der Waals surface area contributed by atoms with E-state index in [-0.39, 0.29) is 5.16 Å². The van der Waals surface area contributed by atoms with Crippen molar-refractivity contribution in [2.24, 2.45) is 5.14 Å². The third-order valence-electron chi connectivity index (χ3n) is 2.56. The van der Waals surface area contributed by atoms with Crippen LogP contribution in [-0.4, -0.2) is 23.2 Å². The summed E-state index contributed by atoms with van der Waals surface area (Å²) >= 11 is 0. The maximum Gasteiger partial charge on any atom is 0.273 e. The van der Waals surface area contributed by atoms with Crippen molar-refractivity contribution in [2.75, 3.05) is 0 Å². The van der Waals surface area contributed by atoms with E-state index in [1.165, 1.54) is 4.57 Å². The van der Waals surface area contributed by atoms with E-state index in [1.807, 2.05) is 38.1 Å². The first-order chi connectivity index (χ1) is 8.43. The average Bonchev–Trinajstić information content (AvgIpc) is 2.72. The molecule has 1 aromatic carbocycles. The van der Waals surface area contributed by atoms with Gasteiger partial charge in [0.1, 0.15) is 0 Å². The normalized spacial score (nSPS) is 11.7. The largest absolute Gasteiger partial charge is 0.297 e. The number of aryl methyl sites for hydroxylation is 1. The second-order valence-electron chi connectivity index (χ2n) is 3.96. The van der Waals surface area contributed by atoms with E-state index in [0.29, 0.717) is 12.4 Å². The SMILES string of the molecule is CCn1c(-c2cccc(C)c2)nnc1S(N)(=O)=O. The zero-order valence-electron chi connectivity index (χ0n) is 10.2. The van der Waals surface area contributed by atoms with E-state index in [0.717, 1.165) is 11.1 Å². The van der Waals surface area contributed by atoms with Gasteiger partial charge in [0.2, 0.25) is 0 Å². The number of nitrogens with zero attached hydrogens (tertiary/aromatic N) is 3. The molecule has 0 aliphatic carbocycles. The second kappa shape index (κ2) is 4.51. The fourth-order valence-electron chi connectivity index (χ4n) is 1.78. The molecule has 0 aliphatic rings. The van der Waals surface area contributed by atoms with Gasteiger partial charge in [0.05, 0.1) is 0 Å². The van der Waals surface area contributed by atoms with Crippen LogP contribution in [-0.2, 0) is 16.6 Å². The molecule has 2 N–H and O–H groups in total. The molecule has 0 amide bonds. The molecule has 0 aliphatic heterocycles. The average molecular weight is 266 g/mol. The van der Waals surface area contributed by atoms with Gasteiger partial charge in [-0.25, -0.2) is 13.6 Å². The lowest BCUT2D eigenvalue weighted by atomic mass is 10.1. The monoisotopic (exact) mass is 266 g/mol. The molecule has 7 heteroatoms. The van der Waals surface area contributed by atoms with E-state index in [4.69, 9.17) is 5.14 Å². The smallest absolute Gasteiger partial charge is 0.273 e. The Labute approximate surface area is 106 Å². The molecular weight excluding hydrogens is 252 g/mol. The van der Waals surface area contributed by atoms with Crippen molar-refractivity contribution >= 4 is 10.0 Å². The van der Waals surface area contributed by atoms with Crippen LogP contribution in [0, 0.1) is 6.92 Å².